The van der Waals surface area contributed by atoms with E-state index >= 15 is 0 Å². The normalized spacial score (nSPS) is 22.9. The average Bonchev–Trinajstić information content (AvgIpc) is 3.19. The Labute approximate surface area is 185 Å². The Morgan fingerprint density at radius 2 is 1.90 bits per heavy atom. The van der Waals surface area contributed by atoms with Crippen molar-refractivity contribution in [2.75, 3.05) is 31.5 Å². The maximum atomic E-state index is 12.7. The Bertz CT molecular complexity index is 857. The van der Waals surface area contributed by atoms with E-state index in [9.17, 15) is 4.79 Å². The molecule has 1 amide bonds. The monoisotopic (exact) mass is 425 g/mol. The highest BCUT2D eigenvalue weighted by atomic mass is 35.5. The third-order valence-electron chi connectivity index (χ3n) is 6.49. The predicted octanol–water partition coefficient (Wildman–Crippen LogP) is 4.96. The summed E-state index contributed by atoms with van der Waals surface area (Å²) >= 11 is 6.29. The van der Waals surface area contributed by atoms with Crippen molar-refractivity contribution in [3.8, 4) is 0 Å². The van der Waals surface area contributed by atoms with Crippen molar-refractivity contribution in [1.82, 2.24) is 9.80 Å². The van der Waals surface area contributed by atoms with Crippen LogP contribution in [0.3, 0.4) is 0 Å². The molecule has 2 heterocycles. The van der Waals surface area contributed by atoms with Gasteiger partial charge < -0.3 is 5.32 Å². The first-order chi connectivity index (χ1) is 14.6. The van der Waals surface area contributed by atoms with E-state index < -0.39 is 0 Å². The number of aryl methyl sites for hydroxylation is 1. The van der Waals surface area contributed by atoms with Crippen LogP contribution < -0.4 is 5.32 Å². The first kappa shape index (κ1) is 21.4. The molecule has 2 aromatic carbocycles. The zero-order chi connectivity index (χ0) is 20.9. The van der Waals surface area contributed by atoms with Crippen molar-refractivity contribution in [1.29, 1.82) is 0 Å². The highest BCUT2D eigenvalue weighted by Crippen LogP contribution is 2.31. The smallest absolute Gasteiger partial charge is 0.238 e. The lowest BCUT2D eigenvalue weighted by Gasteiger charge is -2.39. The second-order valence-electron chi connectivity index (χ2n) is 8.83. The molecule has 4 rings (SSSR count). The molecule has 0 spiro atoms. The first-order valence-electron chi connectivity index (χ1n) is 11.1. The second-order valence-corrected chi connectivity index (χ2v) is 9.24. The van der Waals surface area contributed by atoms with Gasteiger partial charge in [-0.25, -0.2) is 0 Å². The molecule has 160 valence electrons. The van der Waals surface area contributed by atoms with Crippen molar-refractivity contribution < 1.29 is 4.79 Å². The number of halogens is 1. The molecule has 5 heteroatoms. The lowest BCUT2D eigenvalue weighted by Crippen LogP contribution is -2.46. The quantitative estimate of drug-likeness (QED) is 0.710. The van der Waals surface area contributed by atoms with Crippen LogP contribution in [-0.2, 0) is 11.3 Å². The number of piperidine rings is 1. The third kappa shape index (κ3) is 5.42. The van der Waals surface area contributed by atoms with Gasteiger partial charge in [-0.2, -0.15) is 0 Å². The number of anilines is 1. The zero-order valence-electron chi connectivity index (χ0n) is 17.8. The molecule has 2 saturated heterocycles. The van der Waals surface area contributed by atoms with Gasteiger partial charge in [0.25, 0.3) is 0 Å². The van der Waals surface area contributed by atoms with Crippen LogP contribution in [0.15, 0.2) is 48.5 Å². The fourth-order valence-corrected chi connectivity index (χ4v) is 5.35. The van der Waals surface area contributed by atoms with Crippen LogP contribution in [0.25, 0.3) is 0 Å². The molecular formula is C25H32ClN3O. The number of amides is 1. The number of carbonyl (C=O) groups is 1. The van der Waals surface area contributed by atoms with Crippen LogP contribution in [0.5, 0.6) is 0 Å². The number of rotatable bonds is 6. The van der Waals surface area contributed by atoms with E-state index in [4.69, 9.17) is 11.6 Å². The van der Waals surface area contributed by atoms with E-state index in [-0.39, 0.29) is 5.91 Å². The summed E-state index contributed by atoms with van der Waals surface area (Å²) in [7, 11) is 0. The van der Waals surface area contributed by atoms with Crippen LogP contribution in [0, 0.1) is 12.8 Å². The molecule has 2 aromatic rings. The molecule has 4 nitrogen and oxygen atoms in total. The Morgan fingerprint density at radius 1 is 1.10 bits per heavy atom. The fourth-order valence-electron chi connectivity index (χ4n) is 5.07. The van der Waals surface area contributed by atoms with Crippen LogP contribution in [0.1, 0.15) is 36.8 Å². The highest BCUT2D eigenvalue weighted by Gasteiger charge is 2.35. The predicted molar refractivity (Wildman–Crippen MR) is 124 cm³/mol. The maximum absolute atomic E-state index is 12.7. The van der Waals surface area contributed by atoms with Crippen molar-refractivity contribution in [2.45, 2.75) is 45.2 Å². The van der Waals surface area contributed by atoms with Gasteiger partial charge in [0.2, 0.25) is 5.91 Å². The summed E-state index contributed by atoms with van der Waals surface area (Å²) in [6, 6.07) is 17.0. The van der Waals surface area contributed by atoms with Gasteiger partial charge in [-0.1, -0.05) is 48.0 Å². The number of benzene rings is 2. The molecule has 2 aliphatic rings. The van der Waals surface area contributed by atoms with Crippen molar-refractivity contribution in [3.63, 3.8) is 0 Å². The van der Waals surface area contributed by atoms with E-state index in [0.717, 1.165) is 25.2 Å². The molecule has 0 saturated carbocycles. The zero-order valence-corrected chi connectivity index (χ0v) is 18.6. The molecule has 2 aliphatic heterocycles. The largest absolute Gasteiger partial charge is 0.324 e. The molecule has 1 N–H and O–H groups in total. The number of nitrogens with zero attached hydrogens (tertiary/aromatic N) is 2. The summed E-state index contributed by atoms with van der Waals surface area (Å²) in [6.07, 6.45) is 4.88. The van der Waals surface area contributed by atoms with Crippen LogP contribution in [-0.4, -0.2) is 47.9 Å². The summed E-state index contributed by atoms with van der Waals surface area (Å²) in [5.74, 6) is 0.672. The lowest BCUT2D eigenvalue weighted by atomic mass is 9.89. The minimum absolute atomic E-state index is 0.0320. The lowest BCUT2D eigenvalue weighted by molar-refractivity contribution is -0.117. The van der Waals surface area contributed by atoms with Gasteiger partial charge in [-0.3, -0.25) is 14.6 Å². The van der Waals surface area contributed by atoms with Gasteiger partial charge in [-0.15, -0.1) is 0 Å². The molecule has 0 unspecified atom stereocenters. The summed E-state index contributed by atoms with van der Waals surface area (Å²) < 4.78 is 0. The molecule has 30 heavy (non-hydrogen) atoms. The summed E-state index contributed by atoms with van der Waals surface area (Å²) in [5.41, 5.74) is 3.18. The number of hydrogen-bond donors (Lipinski definition) is 1. The molecule has 0 radical (unpaired) electrons. The molecule has 0 bridgehead atoms. The van der Waals surface area contributed by atoms with E-state index in [1.165, 1.54) is 37.8 Å². The van der Waals surface area contributed by atoms with Crippen molar-refractivity contribution in [2.24, 2.45) is 5.92 Å². The van der Waals surface area contributed by atoms with Gasteiger partial charge >= 0.3 is 0 Å². The minimum Gasteiger partial charge on any atom is -0.324 e. The summed E-state index contributed by atoms with van der Waals surface area (Å²) in [6.45, 7) is 6.78. The van der Waals surface area contributed by atoms with Crippen LogP contribution >= 0.6 is 11.6 Å². The molecular weight excluding hydrogens is 394 g/mol. The Balaban J connectivity index is 1.34. The fraction of sp³-hybridized carbons (Fsp3) is 0.480. The molecule has 0 aliphatic carbocycles. The van der Waals surface area contributed by atoms with E-state index in [2.05, 4.69) is 45.4 Å². The van der Waals surface area contributed by atoms with E-state index in [1.807, 2.05) is 25.1 Å². The second kappa shape index (κ2) is 9.95. The summed E-state index contributed by atoms with van der Waals surface area (Å²) in [4.78, 5) is 17.7. The Kier molecular flexibility index (Phi) is 7.08. The van der Waals surface area contributed by atoms with Crippen LogP contribution in [0.4, 0.5) is 5.69 Å². The van der Waals surface area contributed by atoms with Gasteiger partial charge in [0, 0.05) is 19.1 Å². The van der Waals surface area contributed by atoms with Crippen LogP contribution in [0.2, 0.25) is 5.02 Å². The number of nitrogens with one attached hydrogen (secondary N) is 1. The minimum atomic E-state index is 0.0320. The number of hydrogen-bond acceptors (Lipinski definition) is 3. The topological polar surface area (TPSA) is 35.6 Å². The van der Waals surface area contributed by atoms with Gasteiger partial charge in [0.15, 0.2) is 0 Å². The summed E-state index contributed by atoms with van der Waals surface area (Å²) in [5, 5.41) is 3.61. The molecule has 2 atom stereocenters. The third-order valence-corrected chi connectivity index (χ3v) is 6.81. The van der Waals surface area contributed by atoms with E-state index in [1.54, 1.807) is 0 Å². The molecule has 0 aromatic heterocycles. The average molecular weight is 426 g/mol. The van der Waals surface area contributed by atoms with Gasteiger partial charge in [0.1, 0.15) is 0 Å². The van der Waals surface area contributed by atoms with E-state index in [0.29, 0.717) is 29.2 Å². The maximum Gasteiger partial charge on any atom is 0.238 e. The SMILES string of the molecule is Cc1ccc(NC(=O)CN2CCC[C@H]2[C@H]2CCCN(Cc3ccccc3)C2)c(Cl)c1. The number of carbonyl (C=O) groups excluding carboxylic acids is 1. The van der Waals surface area contributed by atoms with Crippen molar-refractivity contribution >= 4 is 23.2 Å². The highest BCUT2D eigenvalue weighted by molar-refractivity contribution is 6.33. The number of likely N-dealkylation sites (tertiary alicyclic amines) is 2. The standard InChI is InChI=1S/C25H32ClN3O/c1-19-11-12-23(22(26)15-19)27-25(30)18-29-14-6-10-24(29)21-9-5-13-28(17-21)16-20-7-3-2-4-8-20/h2-4,7-8,11-12,15,21,24H,5-6,9-10,13-14,16-18H2,1H3,(H,27,30)/t21-,24-/m0/s1. The first-order valence-corrected chi connectivity index (χ1v) is 11.5. The van der Waals surface area contributed by atoms with Gasteiger partial charge in [-0.05, 0) is 74.9 Å². The molecule has 2 fully saturated rings. The van der Waals surface area contributed by atoms with Gasteiger partial charge in [0.05, 0.1) is 17.3 Å². The Morgan fingerprint density at radius 3 is 2.70 bits per heavy atom. The van der Waals surface area contributed by atoms with Crippen molar-refractivity contribution in [3.05, 3.63) is 64.7 Å². The Hall–Kier alpha value is -1.88.